The van der Waals surface area contributed by atoms with Crippen molar-refractivity contribution in [1.29, 1.82) is 0 Å². The number of ether oxygens (including phenoxy) is 1. The zero-order chi connectivity index (χ0) is 14.4. The normalized spacial score (nSPS) is 10.6. The van der Waals surface area contributed by atoms with Gasteiger partial charge in [-0.05, 0) is 31.7 Å². The van der Waals surface area contributed by atoms with Gasteiger partial charge in [0.2, 0.25) is 5.88 Å². The van der Waals surface area contributed by atoms with Gasteiger partial charge in [-0.3, -0.25) is 0 Å². The molecule has 2 heterocycles. The summed E-state index contributed by atoms with van der Waals surface area (Å²) in [7, 11) is 0. The minimum atomic E-state index is 0.562. The highest BCUT2D eigenvalue weighted by Crippen LogP contribution is 2.24. The molecule has 108 valence electrons. The molecule has 0 atom stereocenters. The molecule has 0 aliphatic carbocycles. The number of aromatic nitrogens is 2. The molecule has 0 fully saturated rings. The zero-order valence-electron chi connectivity index (χ0n) is 12.3. The SMILES string of the molecule is CCCc1nc(NCC)c(C)c(OCc2cccs2)n1. The van der Waals surface area contributed by atoms with Crippen LogP contribution in [-0.2, 0) is 13.0 Å². The average molecular weight is 291 g/mol. The summed E-state index contributed by atoms with van der Waals surface area (Å²) >= 11 is 1.69. The van der Waals surface area contributed by atoms with Gasteiger partial charge in [0.15, 0.2) is 0 Å². The highest BCUT2D eigenvalue weighted by atomic mass is 32.1. The predicted octanol–water partition coefficient (Wildman–Crippen LogP) is 3.81. The quantitative estimate of drug-likeness (QED) is 0.842. The molecule has 0 spiro atoms. The van der Waals surface area contributed by atoms with Crippen LogP contribution < -0.4 is 10.1 Å². The van der Waals surface area contributed by atoms with Gasteiger partial charge in [0.25, 0.3) is 0 Å². The first-order valence-corrected chi connectivity index (χ1v) is 7.89. The van der Waals surface area contributed by atoms with Gasteiger partial charge in [0.05, 0.1) is 5.56 Å². The lowest BCUT2D eigenvalue weighted by atomic mass is 10.2. The van der Waals surface area contributed by atoms with Crippen LogP contribution in [0.3, 0.4) is 0 Å². The van der Waals surface area contributed by atoms with Crippen LogP contribution in [-0.4, -0.2) is 16.5 Å². The molecule has 0 saturated heterocycles. The molecular formula is C15H21N3OS. The first-order valence-electron chi connectivity index (χ1n) is 7.01. The van der Waals surface area contributed by atoms with Crippen LogP contribution in [0.2, 0.25) is 0 Å². The molecule has 0 saturated carbocycles. The first-order chi connectivity index (χ1) is 9.74. The summed E-state index contributed by atoms with van der Waals surface area (Å²) in [5.41, 5.74) is 0.975. The second-order valence-corrected chi connectivity index (χ2v) is 5.60. The Hall–Kier alpha value is -1.62. The third kappa shape index (κ3) is 3.70. The minimum absolute atomic E-state index is 0.562. The molecule has 0 radical (unpaired) electrons. The smallest absolute Gasteiger partial charge is 0.222 e. The summed E-state index contributed by atoms with van der Waals surface area (Å²) in [6.45, 7) is 7.59. The molecule has 0 bridgehead atoms. The van der Waals surface area contributed by atoms with Gasteiger partial charge >= 0.3 is 0 Å². The Bertz CT molecular complexity index is 540. The average Bonchev–Trinajstić information content (AvgIpc) is 2.94. The summed E-state index contributed by atoms with van der Waals surface area (Å²) in [5.74, 6) is 2.41. The van der Waals surface area contributed by atoms with Crippen LogP contribution in [0.1, 0.15) is 36.5 Å². The second-order valence-electron chi connectivity index (χ2n) is 4.57. The molecule has 2 aromatic rings. The Morgan fingerprint density at radius 1 is 1.30 bits per heavy atom. The van der Waals surface area contributed by atoms with Crippen molar-refractivity contribution in [2.45, 2.75) is 40.2 Å². The Kier molecular flexibility index (Phi) is 5.35. The Morgan fingerprint density at radius 3 is 2.80 bits per heavy atom. The molecule has 2 aromatic heterocycles. The second kappa shape index (κ2) is 7.24. The molecular weight excluding hydrogens is 270 g/mol. The Morgan fingerprint density at radius 2 is 2.15 bits per heavy atom. The van der Waals surface area contributed by atoms with E-state index in [0.29, 0.717) is 12.5 Å². The summed E-state index contributed by atoms with van der Waals surface area (Å²) in [5, 5.41) is 5.33. The molecule has 0 aliphatic heterocycles. The van der Waals surface area contributed by atoms with Crippen LogP contribution in [0, 0.1) is 6.92 Å². The lowest BCUT2D eigenvalue weighted by Crippen LogP contribution is -2.09. The van der Waals surface area contributed by atoms with Crippen molar-refractivity contribution in [3.05, 3.63) is 33.8 Å². The number of hydrogen-bond acceptors (Lipinski definition) is 5. The van der Waals surface area contributed by atoms with Gasteiger partial charge in [-0.1, -0.05) is 13.0 Å². The number of rotatable bonds is 7. The minimum Gasteiger partial charge on any atom is -0.472 e. The lowest BCUT2D eigenvalue weighted by Gasteiger charge is -2.13. The third-order valence-electron chi connectivity index (χ3n) is 2.90. The number of nitrogens with zero attached hydrogens (tertiary/aromatic N) is 2. The molecule has 0 amide bonds. The van der Waals surface area contributed by atoms with Crippen molar-refractivity contribution in [3.63, 3.8) is 0 Å². The predicted molar refractivity (Wildman–Crippen MR) is 83.6 cm³/mol. The van der Waals surface area contributed by atoms with Crippen LogP contribution in [0.5, 0.6) is 5.88 Å². The van der Waals surface area contributed by atoms with Gasteiger partial charge in [0, 0.05) is 17.8 Å². The zero-order valence-corrected chi connectivity index (χ0v) is 13.1. The molecule has 5 heteroatoms. The number of thiophene rings is 1. The fourth-order valence-electron chi connectivity index (χ4n) is 1.89. The van der Waals surface area contributed by atoms with E-state index < -0.39 is 0 Å². The molecule has 20 heavy (non-hydrogen) atoms. The number of aryl methyl sites for hydroxylation is 1. The number of anilines is 1. The maximum Gasteiger partial charge on any atom is 0.222 e. The fraction of sp³-hybridized carbons (Fsp3) is 0.467. The van der Waals surface area contributed by atoms with E-state index in [1.807, 2.05) is 13.0 Å². The maximum atomic E-state index is 5.87. The van der Waals surface area contributed by atoms with Crippen molar-refractivity contribution in [1.82, 2.24) is 9.97 Å². The van der Waals surface area contributed by atoms with Gasteiger partial charge in [-0.2, -0.15) is 4.98 Å². The first kappa shape index (κ1) is 14.8. The maximum absolute atomic E-state index is 5.87. The third-order valence-corrected chi connectivity index (χ3v) is 3.75. The Labute approximate surface area is 124 Å². The molecule has 0 aliphatic rings. The van der Waals surface area contributed by atoms with Gasteiger partial charge in [0.1, 0.15) is 18.2 Å². The van der Waals surface area contributed by atoms with E-state index >= 15 is 0 Å². The van der Waals surface area contributed by atoms with Crippen molar-refractivity contribution in [2.75, 3.05) is 11.9 Å². The summed E-state index contributed by atoms with van der Waals surface area (Å²) < 4.78 is 5.87. The van der Waals surface area contributed by atoms with Gasteiger partial charge in [-0.15, -0.1) is 11.3 Å². The van der Waals surface area contributed by atoms with Crippen LogP contribution in [0.4, 0.5) is 5.82 Å². The standard InChI is InChI=1S/C15H21N3OS/c1-4-7-13-17-14(16-5-2)11(3)15(18-13)19-10-12-8-6-9-20-12/h6,8-9H,4-5,7,10H2,1-3H3,(H,16,17,18). The largest absolute Gasteiger partial charge is 0.472 e. The van der Waals surface area contributed by atoms with Crippen LogP contribution in [0.15, 0.2) is 17.5 Å². The summed E-state index contributed by atoms with van der Waals surface area (Å²) in [4.78, 5) is 10.3. The van der Waals surface area contributed by atoms with Crippen LogP contribution >= 0.6 is 11.3 Å². The van der Waals surface area contributed by atoms with E-state index in [1.54, 1.807) is 11.3 Å². The monoisotopic (exact) mass is 291 g/mol. The Balaban J connectivity index is 2.20. The lowest BCUT2D eigenvalue weighted by molar-refractivity contribution is 0.293. The van der Waals surface area contributed by atoms with E-state index in [4.69, 9.17) is 4.74 Å². The van der Waals surface area contributed by atoms with E-state index in [1.165, 1.54) is 4.88 Å². The summed E-state index contributed by atoms with van der Waals surface area (Å²) in [6.07, 6.45) is 1.90. The van der Waals surface area contributed by atoms with Crippen molar-refractivity contribution < 1.29 is 4.74 Å². The number of nitrogens with one attached hydrogen (secondary N) is 1. The highest BCUT2D eigenvalue weighted by molar-refractivity contribution is 7.09. The van der Waals surface area contributed by atoms with Gasteiger partial charge in [-0.25, -0.2) is 4.98 Å². The van der Waals surface area contributed by atoms with Gasteiger partial charge < -0.3 is 10.1 Å². The summed E-state index contributed by atoms with van der Waals surface area (Å²) in [6, 6.07) is 4.10. The van der Waals surface area contributed by atoms with Crippen molar-refractivity contribution >= 4 is 17.2 Å². The molecule has 2 rings (SSSR count). The fourth-order valence-corrected chi connectivity index (χ4v) is 2.51. The van der Waals surface area contributed by atoms with E-state index in [9.17, 15) is 0 Å². The van der Waals surface area contributed by atoms with E-state index in [2.05, 4.69) is 40.6 Å². The molecule has 4 nitrogen and oxygen atoms in total. The highest BCUT2D eigenvalue weighted by Gasteiger charge is 2.11. The number of hydrogen-bond donors (Lipinski definition) is 1. The van der Waals surface area contributed by atoms with E-state index in [0.717, 1.165) is 36.6 Å². The molecule has 0 unspecified atom stereocenters. The van der Waals surface area contributed by atoms with Crippen LogP contribution in [0.25, 0.3) is 0 Å². The van der Waals surface area contributed by atoms with Crippen molar-refractivity contribution in [2.24, 2.45) is 0 Å². The molecule has 0 aromatic carbocycles. The molecule has 1 N–H and O–H groups in total. The van der Waals surface area contributed by atoms with Crippen molar-refractivity contribution in [3.8, 4) is 5.88 Å². The van der Waals surface area contributed by atoms with E-state index in [-0.39, 0.29) is 0 Å². The topological polar surface area (TPSA) is 47.0 Å².